The van der Waals surface area contributed by atoms with Gasteiger partial charge in [-0.2, -0.15) is 0 Å². The van der Waals surface area contributed by atoms with Crippen LogP contribution in [0.15, 0.2) is 18.2 Å². The average molecular weight is 146 g/mol. The van der Waals surface area contributed by atoms with Crippen LogP contribution in [0.25, 0.3) is 0 Å². The van der Waals surface area contributed by atoms with E-state index < -0.39 is 0 Å². The molecule has 1 heteroatoms. The quantitative estimate of drug-likeness (QED) is 0.552. The third kappa shape index (κ3) is 1.75. The van der Waals surface area contributed by atoms with Crippen LogP contribution in [0.2, 0.25) is 0 Å². The second-order valence-electron chi connectivity index (χ2n) is 2.49. The first kappa shape index (κ1) is 7.68. The lowest BCUT2D eigenvalue weighted by Gasteiger charge is -2.02. The highest BCUT2D eigenvalue weighted by molar-refractivity contribution is 5.36. The Morgan fingerprint density at radius 2 is 2.09 bits per heavy atom. The molecule has 0 N–H and O–H groups in total. The standard InChI is InChI=1S/C10H10O/c1-4-11-10-7-8(2)5-6-9(10)3/h1,5-7H,2-3H3. The van der Waals surface area contributed by atoms with Crippen LogP contribution in [-0.2, 0) is 0 Å². The van der Waals surface area contributed by atoms with E-state index >= 15 is 0 Å². The largest absolute Gasteiger partial charge is 0.408 e. The molecule has 0 heterocycles. The van der Waals surface area contributed by atoms with Gasteiger partial charge in [-0.15, -0.1) is 0 Å². The van der Waals surface area contributed by atoms with E-state index in [1.165, 1.54) is 0 Å². The van der Waals surface area contributed by atoms with E-state index in [9.17, 15) is 0 Å². The van der Waals surface area contributed by atoms with E-state index in [0.717, 1.165) is 16.9 Å². The minimum Gasteiger partial charge on any atom is -0.408 e. The molecular weight excluding hydrogens is 136 g/mol. The molecule has 0 unspecified atom stereocenters. The fourth-order valence-electron chi connectivity index (χ4n) is 0.881. The highest BCUT2D eigenvalue weighted by Gasteiger charge is 1.96. The fourth-order valence-corrected chi connectivity index (χ4v) is 0.881. The van der Waals surface area contributed by atoms with Gasteiger partial charge in [0.05, 0.1) is 0 Å². The first-order chi connectivity index (χ1) is 5.24. The van der Waals surface area contributed by atoms with Gasteiger partial charge in [-0.3, -0.25) is 0 Å². The molecule has 11 heavy (non-hydrogen) atoms. The van der Waals surface area contributed by atoms with Crippen LogP contribution in [0.1, 0.15) is 11.1 Å². The second-order valence-corrected chi connectivity index (χ2v) is 2.49. The van der Waals surface area contributed by atoms with Crippen molar-refractivity contribution >= 4 is 0 Å². The SMILES string of the molecule is C#COc1cc(C)ccc1C. The van der Waals surface area contributed by atoms with Gasteiger partial charge >= 0.3 is 0 Å². The second kappa shape index (κ2) is 3.12. The molecule has 0 spiro atoms. The Balaban J connectivity index is 3.05. The number of hydrogen-bond donors (Lipinski definition) is 0. The molecule has 0 aliphatic carbocycles. The topological polar surface area (TPSA) is 9.23 Å². The highest BCUT2D eigenvalue weighted by Crippen LogP contribution is 2.18. The van der Waals surface area contributed by atoms with Crippen molar-refractivity contribution in [3.05, 3.63) is 29.3 Å². The molecule has 56 valence electrons. The maximum atomic E-state index is 5.01. The Labute approximate surface area is 67.0 Å². The zero-order chi connectivity index (χ0) is 8.27. The number of ether oxygens (including phenoxy) is 1. The maximum Gasteiger partial charge on any atom is 0.143 e. The van der Waals surface area contributed by atoms with Crippen molar-refractivity contribution in [2.45, 2.75) is 13.8 Å². The molecule has 0 amide bonds. The third-order valence-electron chi connectivity index (χ3n) is 1.51. The molecule has 1 aromatic rings. The van der Waals surface area contributed by atoms with Crippen molar-refractivity contribution in [1.82, 2.24) is 0 Å². The Hall–Kier alpha value is -1.42. The molecule has 0 radical (unpaired) electrons. The van der Waals surface area contributed by atoms with Crippen LogP contribution in [0, 0.1) is 26.4 Å². The van der Waals surface area contributed by atoms with Gasteiger partial charge in [0.2, 0.25) is 0 Å². The number of terminal acetylenes is 1. The number of benzene rings is 1. The molecule has 1 rings (SSSR count). The molecule has 0 bridgehead atoms. The zero-order valence-electron chi connectivity index (χ0n) is 6.72. The predicted octanol–water partition coefficient (Wildman–Crippen LogP) is 2.27. The van der Waals surface area contributed by atoms with Crippen LogP contribution in [0.4, 0.5) is 0 Å². The van der Waals surface area contributed by atoms with E-state index in [0.29, 0.717) is 0 Å². The van der Waals surface area contributed by atoms with E-state index in [1.807, 2.05) is 32.0 Å². The zero-order valence-corrected chi connectivity index (χ0v) is 6.72. The monoisotopic (exact) mass is 146 g/mol. The number of hydrogen-bond acceptors (Lipinski definition) is 1. The summed E-state index contributed by atoms with van der Waals surface area (Å²) in [6, 6.07) is 5.94. The molecule has 0 saturated carbocycles. The predicted molar refractivity (Wildman–Crippen MR) is 45.4 cm³/mol. The Morgan fingerprint density at radius 1 is 1.36 bits per heavy atom. The summed E-state index contributed by atoms with van der Waals surface area (Å²) in [6.45, 7) is 3.97. The van der Waals surface area contributed by atoms with Crippen molar-refractivity contribution < 1.29 is 4.74 Å². The molecule has 1 aromatic carbocycles. The van der Waals surface area contributed by atoms with Crippen LogP contribution in [0.3, 0.4) is 0 Å². The summed E-state index contributed by atoms with van der Waals surface area (Å²) in [5.41, 5.74) is 2.22. The van der Waals surface area contributed by atoms with Crippen molar-refractivity contribution in [2.75, 3.05) is 0 Å². The Bertz CT molecular complexity index is 294. The van der Waals surface area contributed by atoms with Crippen LogP contribution >= 0.6 is 0 Å². The van der Waals surface area contributed by atoms with Gasteiger partial charge in [0.25, 0.3) is 0 Å². The molecule has 0 fully saturated rings. The van der Waals surface area contributed by atoms with Gasteiger partial charge in [0, 0.05) is 0 Å². The molecular formula is C10H10O. The van der Waals surface area contributed by atoms with Gasteiger partial charge in [0.15, 0.2) is 0 Å². The number of aryl methyl sites for hydroxylation is 2. The summed E-state index contributed by atoms with van der Waals surface area (Å²) in [4.78, 5) is 0. The summed E-state index contributed by atoms with van der Waals surface area (Å²) in [5.74, 6) is 0.771. The van der Waals surface area contributed by atoms with Gasteiger partial charge in [-0.25, -0.2) is 0 Å². The fraction of sp³-hybridized carbons (Fsp3) is 0.200. The van der Waals surface area contributed by atoms with Gasteiger partial charge in [0.1, 0.15) is 11.9 Å². The van der Waals surface area contributed by atoms with Crippen molar-refractivity contribution in [3.8, 4) is 18.3 Å². The molecule has 0 saturated heterocycles. The summed E-state index contributed by atoms with van der Waals surface area (Å²) in [5, 5.41) is 0. The van der Waals surface area contributed by atoms with Crippen molar-refractivity contribution in [2.24, 2.45) is 0 Å². The van der Waals surface area contributed by atoms with Crippen molar-refractivity contribution in [3.63, 3.8) is 0 Å². The van der Waals surface area contributed by atoms with E-state index in [4.69, 9.17) is 11.2 Å². The summed E-state index contributed by atoms with van der Waals surface area (Å²) in [6.07, 6.45) is 7.16. The van der Waals surface area contributed by atoms with Crippen molar-refractivity contribution in [1.29, 1.82) is 0 Å². The van der Waals surface area contributed by atoms with Crippen LogP contribution in [-0.4, -0.2) is 0 Å². The molecule has 0 aliphatic rings. The normalized spacial score (nSPS) is 8.82. The smallest absolute Gasteiger partial charge is 0.143 e. The lowest BCUT2D eigenvalue weighted by Crippen LogP contribution is -1.86. The van der Waals surface area contributed by atoms with Crippen LogP contribution < -0.4 is 4.74 Å². The third-order valence-corrected chi connectivity index (χ3v) is 1.51. The lowest BCUT2D eigenvalue weighted by molar-refractivity contribution is 0.516. The van der Waals surface area contributed by atoms with E-state index in [1.54, 1.807) is 0 Å². The number of rotatable bonds is 1. The van der Waals surface area contributed by atoms with Gasteiger partial charge in [-0.05, 0) is 31.0 Å². The summed E-state index contributed by atoms with van der Waals surface area (Å²) < 4.78 is 4.95. The average Bonchev–Trinajstić information content (AvgIpc) is 1.98. The molecule has 0 aromatic heterocycles. The van der Waals surface area contributed by atoms with Gasteiger partial charge < -0.3 is 4.74 Å². The van der Waals surface area contributed by atoms with Gasteiger partial charge in [-0.1, -0.05) is 18.6 Å². The maximum absolute atomic E-state index is 5.01. The molecule has 1 nitrogen and oxygen atoms in total. The van der Waals surface area contributed by atoms with E-state index in [2.05, 4.69) is 6.11 Å². The first-order valence-electron chi connectivity index (χ1n) is 3.43. The summed E-state index contributed by atoms with van der Waals surface area (Å²) >= 11 is 0. The van der Waals surface area contributed by atoms with E-state index in [-0.39, 0.29) is 0 Å². The summed E-state index contributed by atoms with van der Waals surface area (Å²) in [7, 11) is 0. The Kier molecular flexibility index (Phi) is 2.18. The Morgan fingerprint density at radius 3 is 2.73 bits per heavy atom. The minimum atomic E-state index is 0.771. The first-order valence-corrected chi connectivity index (χ1v) is 3.43. The lowest BCUT2D eigenvalue weighted by atomic mass is 10.1. The minimum absolute atomic E-state index is 0.771. The molecule has 0 atom stereocenters. The van der Waals surface area contributed by atoms with Crippen LogP contribution in [0.5, 0.6) is 5.75 Å². The molecule has 0 aliphatic heterocycles. The highest BCUT2D eigenvalue weighted by atomic mass is 16.5.